The van der Waals surface area contributed by atoms with Crippen LogP contribution in [-0.4, -0.2) is 40.5 Å². The normalized spacial score (nSPS) is 17.7. The molecule has 1 N–H and O–H groups in total. The molecule has 5 rings (SSSR count). The smallest absolute Gasteiger partial charge is 0.238 e. The number of rotatable bonds is 7. The van der Waals surface area contributed by atoms with Gasteiger partial charge in [-0.25, -0.2) is 9.38 Å². The Bertz CT molecular complexity index is 1350. The maximum absolute atomic E-state index is 14.4. The molecule has 10 heteroatoms. The number of anilines is 1. The average molecular weight is 522 g/mol. The summed E-state index contributed by atoms with van der Waals surface area (Å²) < 4.78 is 30.7. The fraction of sp³-hybridized carbons (Fsp3) is 0.222. The molecule has 2 aliphatic heterocycles. The number of halogens is 1. The molecule has 1 atom stereocenters. The summed E-state index contributed by atoms with van der Waals surface area (Å²) in [7, 11) is 0. The van der Waals surface area contributed by atoms with Crippen molar-refractivity contribution in [3.05, 3.63) is 78.1 Å². The molecule has 190 valence electrons. The fourth-order valence-electron chi connectivity index (χ4n) is 3.89. The van der Waals surface area contributed by atoms with Crippen molar-refractivity contribution in [1.29, 1.82) is 0 Å². The number of nitrogens with zero attached hydrogens (tertiary/aromatic N) is 2. The minimum absolute atomic E-state index is 0.0334. The lowest BCUT2D eigenvalue weighted by molar-refractivity contribution is -0.129. The first-order valence-corrected chi connectivity index (χ1v) is 12.6. The molecule has 0 bridgehead atoms. The zero-order chi connectivity index (χ0) is 25.8. The Morgan fingerprint density at radius 2 is 1.92 bits per heavy atom. The lowest BCUT2D eigenvalue weighted by Gasteiger charge is -2.32. The Morgan fingerprint density at radius 3 is 2.70 bits per heavy atom. The van der Waals surface area contributed by atoms with E-state index in [2.05, 4.69) is 10.3 Å². The summed E-state index contributed by atoms with van der Waals surface area (Å²) in [6, 6.07) is 18.4. The highest BCUT2D eigenvalue weighted by atomic mass is 32.2. The second kappa shape index (κ2) is 10.9. The molecule has 8 nitrogen and oxygen atoms in total. The maximum atomic E-state index is 14.4. The number of amidine groups is 1. The highest BCUT2D eigenvalue weighted by Crippen LogP contribution is 2.35. The van der Waals surface area contributed by atoms with Gasteiger partial charge in [-0.3, -0.25) is 14.5 Å². The number of benzene rings is 3. The van der Waals surface area contributed by atoms with Gasteiger partial charge in [0.15, 0.2) is 16.7 Å². The van der Waals surface area contributed by atoms with Crippen LogP contribution in [0.4, 0.5) is 15.8 Å². The van der Waals surface area contributed by atoms with Crippen LogP contribution in [0.2, 0.25) is 0 Å². The van der Waals surface area contributed by atoms with Gasteiger partial charge in [-0.2, -0.15) is 0 Å². The lowest BCUT2D eigenvalue weighted by Crippen LogP contribution is -2.44. The van der Waals surface area contributed by atoms with Gasteiger partial charge in [-0.15, -0.1) is 0 Å². The molecule has 0 spiro atoms. The zero-order valence-corrected chi connectivity index (χ0v) is 20.8. The molecule has 1 fully saturated rings. The van der Waals surface area contributed by atoms with Crippen LogP contribution < -0.4 is 19.5 Å². The van der Waals surface area contributed by atoms with Gasteiger partial charge in [0.25, 0.3) is 0 Å². The number of carbonyl (C=O) groups excluding carboxylic acids is 2. The van der Waals surface area contributed by atoms with E-state index in [1.807, 2.05) is 13.0 Å². The van der Waals surface area contributed by atoms with Gasteiger partial charge in [0.2, 0.25) is 18.6 Å². The summed E-state index contributed by atoms with van der Waals surface area (Å²) >= 11 is 1.13. The van der Waals surface area contributed by atoms with E-state index in [0.717, 1.165) is 17.3 Å². The van der Waals surface area contributed by atoms with Crippen molar-refractivity contribution in [2.45, 2.75) is 25.1 Å². The quantitative estimate of drug-likeness (QED) is 0.465. The molecule has 37 heavy (non-hydrogen) atoms. The van der Waals surface area contributed by atoms with E-state index in [1.165, 1.54) is 17.0 Å². The van der Waals surface area contributed by atoms with Crippen LogP contribution in [0, 0.1) is 5.82 Å². The van der Waals surface area contributed by atoms with Crippen LogP contribution >= 0.6 is 11.8 Å². The van der Waals surface area contributed by atoms with Crippen LogP contribution in [0.1, 0.15) is 18.9 Å². The minimum atomic E-state index is -0.738. The first-order valence-electron chi connectivity index (χ1n) is 11.7. The Morgan fingerprint density at radius 1 is 1.14 bits per heavy atom. The van der Waals surface area contributed by atoms with E-state index in [4.69, 9.17) is 14.2 Å². The van der Waals surface area contributed by atoms with Gasteiger partial charge in [0, 0.05) is 12.1 Å². The third kappa shape index (κ3) is 5.69. The molecule has 0 saturated carbocycles. The first kappa shape index (κ1) is 24.6. The molecule has 2 amide bonds. The van der Waals surface area contributed by atoms with E-state index in [0.29, 0.717) is 29.5 Å². The topological polar surface area (TPSA) is 89.5 Å². The molecule has 3 aromatic carbocycles. The number of amides is 2. The van der Waals surface area contributed by atoms with Gasteiger partial charge in [0.05, 0.1) is 13.2 Å². The fourth-order valence-corrected chi connectivity index (χ4v) is 4.98. The number of nitrogens with one attached hydrogen (secondary N) is 1. The van der Waals surface area contributed by atoms with Gasteiger partial charge in [0.1, 0.15) is 22.5 Å². The van der Waals surface area contributed by atoms with Crippen LogP contribution in [0.5, 0.6) is 17.2 Å². The molecule has 3 aromatic rings. The molecule has 0 aliphatic carbocycles. The van der Waals surface area contributed by atoms with Crippen molar-refractivity contribution < 1.29 is 28.2 Å². The molecular weight excluding hydrogens is 497 g/mol. The minimum Gasteiger partial charge on any atom is -0.494 e. The number of para-hydroxylation sites is 1. The van der Waals surface area contributed by atoms with Crippen molar-refractivity contribution in [1.82, 2.24) is 4.90 Å². The second-order valence-corrected chi connectivity index (χ2v) is 9.44. The Labute approximate surface area is 217 Å². The SMILES string of the molecule is CCOc1ccc(NC(=O)[C@H]2CC(=O)N(Cc3ccc4c(c3)OCO4)C(=Nc3ccccc3F)S2)cc1. The number of fused-ring (bicyclic) bond motifs is 1. The van der Waals surface area contributed by atoms with E-state index in [-0.39, 0.29) is 42.4 Å². The number of ether oxygens (including phenoxy) is 3. The standard InChI is InChI=1S/C27H24FN3O5S/c1-2-34-19-10-8-18(9-11-19)29-26(33)24-14-25(32)31(15-17-7-12-22-23(13-17)36-16-35-22)27(37-24)30-21-6-4-3-5-20(21)28/h3-13,24H,2,14-16H2,1H3,(H,29,33)/t24-/m1/s1. The summed E-state index contributed by atoms with van der Waals surface area (Å²) in [4.78, 5) is 32.3. The van der Waals surface area contributed by atoms with Gasteiger partial charge in [-0.05, 0) is 61.0 Å². The summed E-state index contributed by atoms with van der Waals surface area (Å²) in [5.41, 5.74) is 1.45. The molecule has 2 heterocycles. The van der Waals surface area contributed by atoms with E-state index < -0.39 is 11.1 Å². The van der Waals surface area contributed by atoms with E-state index in [9.17, 15) is 14.0 Å². The first-order chi connectivity index (χ1) is 18.0. The van der Waals surface area contributed by atoms with Crippen molar-refractivity contribution in [2.75, 3.05) is 18.7 Å². The van der Waals surface area contributed by atoms with E-state index >= 15 is 0 Å². The molecule has 2 aliphatic rings. The van der Waals surface area contributed by atoms with Crippen molar-refractivity contribution >= 4 is 40.1 Å². The van der Waals surface area contributed by atoms with Gasteiger partial charge < -0.3 is 19.5 Å². The Kier molecular flexibility index (Phi) is 7.27. The largest absolute Gasteiger partial charge is 0.494 e. The number of hydrogen-bond donors (Lipinski definition) is 1. The highest BCUT2D eigenvalue weighted by Gasteiger charge is 2.36. The number of thioether (sulfide) groups is 1. The maximum Gasteiger partial charge on any atom is 0.238 e. The summed E-state index contributed by atoms with van der Waals surface area (Å²) in [5, 5.41) is 2.35. The van der Waals surface area contributed by atoms with Crippen LogP contribution in [-0.2, 0) is 16.1 Å². The van der Waals surface area contributed by atoms with Crippen molar-refractivity contribution in [2.24, 2.45) is 4.99 Å². The lowest BCUT2D eigenvalue weighted by atomic mass is 10.1. The van der Waals surface area contributed by atoms with Crippen LogP contribution in [0.3, 0.4) is 0 Å². The molecular formula is C27H24FN3O5S. The summed E-state index contributed by atoms with van der Waals surface area (Å²) in [6.45, 7) is 2.76. The zero-order valence-electron chi connectivity index (χ0n) is 20.0. The van der Waals surface area contributed by atoms with Crippen LogP contribution in [0.15, 0.2) is 71.7 Å². The highest BCUT2D eigenvalue weighted by molar-refractivity contribution is 8.15. The third-order valence-electron chi connectivity index (χ3n) is 5.71. The van der Waals surface area contributed by atoms with Crippen LogP contribution in [0.25, 0.3) is 0 Å². The van der Waals surface area contributed by atoms with Gasteiger partial charge >= 0.3 is 0 Å². The third-order valence-corrected chi connectivity index (χ3v) is 6.90. The van der Waals surface area contributed by atoms with E-state index in [1.54, 1.807) is 48.5 Å². The number of hydrogen-bond acceptors (Lipinski definition) is 7. The number of aliphatic imine (C=N–C) groups is 1. The van der Waals surface area contributed by atoms with Gasteiger partial charge in [-0.1, -0.05) is 30.0 Å². The van der Waals surface area contributed by atoms with Crippen molar-refractivity contribution in [3.8, 4) is 17.2 Å². The molecule has 0 unspecified atom stereocenters. The predicted octanol–water partition coefficient (Wildman–Crippen LogP) is 5.11. The predicted molar refractivity (Wildman–Crippen MR) is 139 cm³/mol. The summed E-state index contributed by atoms with van der Waals surface area (Å²) in [6.07, 6.45) is -0.0334. The Hall–Kier alpha value is -4.05. The molecule has 1 saturated heterocycles. The molecule has 0 aromatic heterocycles. The van der Waals surface area contributed by atoms with Crippen molar-refractivity contribution in [3.63, 3.8) is 0 Å². The average Bonchev–Trinajstić information content (AvgIpc) is 3.36. The Balaban J connectivity index is 1.38. The number of carbonyl (C=O) groups is 2. The molecule has 0 radical (unpaired) electrons. The second-order valence-electron chi connectivity index (χ2n) is 8.27. The monoisotopic (exact) mass is 521 g/mol. The summed E-state index contributed by atoms with van der Waals surface area (Å²) in [5.74, 6) is 0.766.